The predicted molar refractivity (Wildman–Crippen MR) is 107 cm³/mol. The van der Waals surface area contributed by atoms with Gasteiger partial charge in [0, 0.05) is 31.3 Å². The molecule has 0 spiro atoms. The molecule has 1 aliphatic rings. The Morgan fingerprint density at radius 1 is 1.29 bits per heavy atom. The number of imidazole rings is 1. The highest BCUT2D eigenvalue weighted by Gasteiger charge is 2.37. The fourth-order valence-electron chi connectivity index (χ4n) is 3.79. The Morgan fingerprint density at radius 2 is 2.00 bits per heavy atom. The summed E-state index contributed by atoms with van der Waals surface area (Å²) in [6.07, 6.45) is 1.71. The van der Waals surface area contributed by atoms with Crippen LogP contribution in [-0.4, -0.2) is 64.3 Å². The maximum atomic E-state index is 13.1. The molecule has 1 aromatic heterocycles. The molecule has 0 saturated carbocycles. The van der Waals surface area contributed by atoms with E-state index in [4.69, 9.17) is 0 Å². The molecule has 1 unspecified atom stereocenters. The van der Waals surface area contributed by atoms with Gasteiger partial charge in [0.05, 0.1) is 16.0 Å². The Balaban J connectivity index is 1.82. The average molecular weight is 410 g/mol. The maximum Gasteiger partial charge on any atom is 0.277 e. The summed E-state index contributed by atoms with van der Waals surface area (Å²) in [6, 6.07) is 4.13. The highest BCUT2D eigenvalue weighted by Crippen LogP contribution is 2.30. The molecule has 9 nitrogen and oxygen atoms in total. The van der Waals surface area contributed by atoms with E-state index in [0.717, 1.165) is 32.5 Å². The van der Waals surface area contributed by atoms with Gasteiger partial charge >= 0.3 is 0 Å². The average Bonchev–Trinajstić information content (AvgIpc) is 3.04. The first-order chi connectivity index (χ1) is 13.3. The predicted octanol–water partition coefficient (Wildman–Crippen LogP) is 2.46. The van der Waals surface area contributed by atoms with Crippen molar-refractivity contribution in [2.24, 2.45) is 0 Å². The van der Waals surface area contributed by atoms with Crippen LogP contribution in [0.5, 0.6) is 0 Å². The topological polar surface area (TPSA) is 102 Å². The van der Waals surface area contributed by atoms with E-state index in [2.05, 4.69) is 23.7 Å². The molecule has 10 heteroatoms. The monoisotopic (exact) mass is 409 g/mol. The molecule has 0 saturated heterocycles. The molecule has 154 valence electrons. The van der Waals surface area contributed by atoms with Crippen molar-refractivity contribution in [3.05, 3.63) is 28.3 Å². The summed E-state index contributed by atoms with van der Waals surface area (Å²) in [7, 11) is -3.74. The number of non-ortho nitro benzene ring substituents is 1. The zero-order chi connectivity index (χ0) is 20.5. The second kappa shape index (κ2) is 8.14. The molecule has 0 aliphatic carbocycles. The van der Waals surface area contributed by atoms with Crippen LogP contribution in [0.1, 0.15) is 33.6 Å². The maximum absolute atomic E-state index is 13.1. The molecule has 0 bridgehead atoms. The summed E-state index contributed by atoms with van der Waals surface area (Å²) in [4.78, 5) is 17.2. The second-order valence-corrected chi connectivity index (χ2v) is 8.89. The third kappa shape index (κ3) is 3.76. The van der Waals surface area contributed by atoms with Crippen LogP contribution in [0.25, 0.3) is 11.0 Å². The van der Waals surface area contributed by atoms with Gasteiger partial charge in [-0.15, -0.1) is 0 Å². The quantitative estimate of drug-likeness (QED) is 0.490. The van der Waals surface area contributed by atoms with Crippen LogP contribution in [0, 0.1) is 10.1 Å². The highest BCUT2D eigenvalue weighted by molar-refractivity contribution is 7.89. The van der Waals surface area contributed by atoms with Crippen molar-refractivity contribution in [3.8, 4) is 0 Å². The van der Waals surface area contributed by atoms with Crippen molar-refractivity contribution >= 4 is 26.7 Å². The van der Waals surface area contributed by atoms with Crippen molar-refractivity contribution < 1.29 is 13.3 Å². The summed E-state index contributed by atoms with van der Waals surface area (Å²) in [5.41, 5.74) is 0.877. The Kier molecular flexibility index (Phi) is 6.01. The van der Waals surface area contributed by atoms with Crippen LogP contribution in [0.2, 0.25) is 0 Å². The van der Waals surface area contributed by atoms with E-state index in [1.54, 1.807) is 4.57 Å². The fraction of sp³-hybridized carbons (Fsp3) is 0.611. The molecule has 2 aromatic rings. The lowest BCUT2D eigenvalue weighted by atomic mass is 10.1. The van der Waals surface area contributed by atoms with Crippen molar-refractivity contribution in [2.45, 2.75) is 51.4 Å². The number of sulfonamides is 1. The number of rotatable bonds is 8. The molecule has 1 atom stereocenters. The second-order valence-electron chi connectivity index (χ2n) is 7.11. The minimum atomic E-state index is -3.74. The van der Waals surface area contributed by atoms with Gasteiger partial charge in [-0.1, -0.05) is 13.8 Å². The van der Waals surface area contributed by atoms with Crippen molar-refractivity contribution in [3.63, 3.8) is 0 Å². The van der Waals surface area contributed by atoms with Gasteiger partial charge in [-0.25, -0.2) is 13.4 Å². The number of fused-ring (bicyclic) bond motifs is 3. The van der Waals surface area contributed by atoms with Crippen LogP contribution in [0.4, 0.5) is 5.69 Å². The van der Waals surface area contributed by atoms with Gasteiger partial charge in [0.25, 0.3) is 15.7 Å². The first kappa shape index (κ1) is 20.7. The number of hydrogen-bond acceptors (Lipinski definition) is 6. The van der Waals surface area contributed by atoms with E-state index < -0.39 is 14.9 Å². The fourth-order valence-corrected chi connectivity index (χ4v) is 5.58. The van der Waals surface area contributed by atoms with Gasteiger partial charge < -0.3 is 9.47 Å². The van der Waals surface area contributed by atoms with Gasteiger partial charge in [0.2, 0.25) is 5.16 Å². The minimum absolute atomic E-state index is 0.0233. The van der Waals surface area contributed by atoms with Gasteiger partial charge in [0.1, 0.15) is 0 Å². The molecule has 3 rings (SSSR count). The third-order valence-electron chi connectivity index (χ3n) is 5.47. The molecule has 0 fully saturated rings. The number of nitro groups is 1. The lowest BCUT2D eigenvalue weighted by Gasteiger charge is -2.32. The molecular weight excluding hydrogens is 382 g/mol. The first-order valence-corrected chi connectivity index (χ1v) is 11.1. The van der Waals surface area contributed by atoms with Gasteiger partial charge in [-0.05, 0) is 45.5 Å². The van der Waals surface area contributed by atoms with E-state index in [-0.39, 0.29) is 16.9 Å². The number of benzene rings is 1. The largest absolute Gasteiger partial charge is 0.312 e. The summed E-state index contributed by atoms with van der Waals surface area (Å²) in [5.74, 6) is 0. The molecule has 1 aliphatic heterocycles. The SMILES string of the molecule is CCN(CC)CCCC(C)N1CCn2c(nc3ccc([N+](=O)[O-])cc32)S1(=O)=O. The van der Waals surface area contributed by atoms with Gasteiger partial charge in [-0.2, -0.15) is 4.31 Å². The van der Waals surface area contributed by atoms with Crippen molar-refractivity contribution in [1.82, 2.24) is 18.8 Å². The summed E-state index contributed by atoms with van der Waals surface area (Å²) in [5, 5.41) is 11.0. The number of nitro benzene ring substituents is 1. The van der Waals surface area contributed by atoms with E-state index in [9.17, 15) is 18.5 Å². The van der Waals surface area contributed by atoms with E-state index >= 15 is 0 Å². The van der Waals surface area contributed by atoms with Crippen LogP contribution in [0.15, 0.2) is 23.4 Å². The molecule has 0 N–H and O–H groups in total. The molecule has 0 radical (unpaired) electrons. The Morgan fingerprint density at radius 3 is 2.64 bits per heavy atom. The summed E-state index contributed by atoms with van der Waals surface area (Å²) < 4.78 is 29.4. The van der Waals surface area contributed by atoms with Crippen molar-refractivity contribution in [2.75, 3.05) is 26.2 Å². The summed E-state index contributed by atoms with van der Waals surface area (Å²) in [6.45, 7) is 9.89. The number of nitrogens with zero attached hydrogens (tertiary/aromatic N) is 5. The minimum Gasteiger partial charge on any atom is -0.312 e. The normalized spacial score (nSPS) is 17.7. The van der Waals surface area contributed by atoms with Crippen LogP contribution in [-0.2, 0) is 16.6 Å². The molecule has 1 aromatic carbocycles. The third-order valence-corrected chi connectivity index (χ3v) is 7.41. The van der Waals surface area contributed by atoms with Gasteiger partial charge in [-0.3, -0.25) is 10.1 Å². The Labute approximate surface area is 165 Å². The van der Waals surface area contributed by atoms with E-state index in [1.807, 2.05) is 6.92 Å². The van der Waals surface area contributed by atoms with Gasteiger partial charge in [0.15, 0.2) is 0 Å². The van der Waals surface area contributed by atoms with Crippen molar-refractivity contribution in [1.29, 1.82) is 0 Å². The number of hydrogen-bond donors (Lipinski definition) is 0. The smallest absolute Gasteiger partial charge is 0.277 e. The standard InChI is InChI=1S/C18H27N5O4S/c1-4-20(5-2)10-6-7-14(3)22-12-11-21-17-13-15(23(24)25)8-9-16(17)19-18(21)28(22,26)27/h8-9,13-14H,4-7,10-12H2,1-3H3. The molecule has 28 heavy (non-hydrogen) atoms. The lowest BCUT2D eigenvalue weighted by Crippen LogP contribution is -2.45. The number of aromatic nitrogens is 2. The highest BCUT2D eigenvalue weighted by atomic mass is 32.2. The van der Waals surface area contributed by atoms with E-state index in [1.165, 1.54) is 22.5 Å². The Hall–Kier alpha value is -2.04. The molecule has 2 heterocycles. The van der Waals surface area contributed by atoms with Crippen LogP contribution in [0.3, 0.4) is 0 Å². The summed E-state index contributed by atoms with van der Waals surface area (Å²) >= 11 is 0. The van der Waals surface area contributed by atoms with Crippen LogP contribution < -0.4 is 0 Å². The first-order valence-electron chi connectivity index (χ1n) is 9.68. The molecular formula is C18H27N5O4S. The van der Waals surface area contributed by atoms with Crippen LogP contribution >= 0.6 is 0 Å². The zero-order valence-corrected chi connectivity index (χ0v) is 17.4. The lowest BCUT2D eigenvalue weighted by molar-refractivity contribution is -0.384. The molecule has 0 amide bonds. The van der Waals surface area contributed by atoms with E-state index in [0.29, 0.717) is 24.1 Å². The Bertz CT molecular complexity index is 968. The zero-order valence-electron chi connectivity index (χ0n) is 16.5.